The van der Waals surface area contributed by atoms with Gasteiger partial charge in [0.15, 0.2) is 0 Å². The molecule has 1 heterocycles. The second kappa shape index (κ2) is 7.10. The minimum absolute atomic E-state index is 0.616. The zero-order valence-electron chi connectivity index (χ0n) is 11.8. The molecule has 0 spiro atoms. The molecule has 0 aliphatic carbocycles. The molecule has 0 amide bonds. The van der Waals surface area contributed by atoms with Crippen LogP contribution in [-0.4, -0.2) is 22.9 Å². The van der Waals surface area contributed by atoms with Crippen molar-refractivity contribution < 1.29 is 0 Å². The van der Waals surface area contributed by atoms with Crippen molar-refractivity contribution in [2.24, 2.45) is 5.92 Å². The second-order valence-corrected chi connectivity index (χ2v) is 5.08. The van der Waals surface area contributed by atoms with Gasteiger partial charge in [0, 0.05) is 11.9 Å². The number of benzene rings is 1. The van der Waals surface area contributed by atoms with Gasteiger partial charge in [0.2, 0.25) is 0 Å². The van der Waals surface area contributed by atoms with E-state index < -0.39 is 0 Å². The number of para-hydroxylation sites is 1. The molecule has 0 fully saturated rings. The molecule has 1 N–H and O–H groups in total. The second-order valence-electron chi connectivity index (χ2n) is 5.08. The van der Waals surface area contributed by atoms with Crippen molar-refractivity contribution >= 4 is 0 Å². The van der Waals surface area contributed by atoms with E-state index in [-0.39, 0.29) is 0 Å². The molecule has 1 aromatic heterocycles. The summed E-state index contributed by atoms with van der Waals surface area (Å²) >= 11 is 0. The molecule has 0 bridgehead atoms. The maximum Gasteiger partial charge on any atom is 0.0648 e. The minimum Gasteiger partial charge on any atom is -0.316 e. The van der Waals surface area contributed by atoms with E-state index in [1.807, 2.05) is 29.1 Å². The molecule has 19 heavy (non-hydrogen) atoms. The molecule has 0 aliphatic heterocycles. The Morgan fingerprint density at radius 2 is 2.00 bits per heavy atom. The quantitative estimate of drug-likeness (QED) is 0.773. The van der Waals surface area contributed by atoms with E-state index in [9.17, 15) is 0 Å². The Bertz CT molecular complexity index is 476. The highest BCUT2D eigenvalue weighted by Gasteiger charge is 2.09. The number of rotatable bonds is 7. The van der Waals surface area contributed by atoms with Crippen molar-refractivity contribution in [2.75, 3.05) is 13.1 Å². The van der Waals surface area contributed by atoms with E-state index in [0.29, 0.717) is 5.92 Å². The van der Waals surface area contributed by atoms with Crippen molar-refractivity contribution in [1.82, 2.24) is 15.1 Å². The highest BCUT2D eigenvalue weighted by atomic mass is 15.3. The van der Waals surface area contributed by atoms with E-state index in [0.717, 1.165) is 25.2 Å². The van der Waals surface area contributed by atoms with Gasteiger partial charge in [-0.3, -0.25) is 0 Å². The molecule has 3 nitrogen and oxygen atoms in total. The highest BCUT2D eigenvalue weighted by molar-refractivity contribution is 5.32. The van der Waals surface area contributed by atoms with Gasteiger partial charge in [0.1, 0.15) is 0 Å². The summed E-state index contributed by atoms with van der Waals surface area (Å²) in [6.07, 6.45) is 4.12. The zero-order chi connectivity index (χ0) is 13.5. The number of nitrogens with zero attached hydrogens (tertiary/aromatic N) is 2. The van der Waals surface area contributed by atoms with Gasteiger partial charge in [-0.2, -0.15) is 5.10 Å². The highest BCUT2D eigenvalue weighted by Crippen LogP contribution is 2.13. The average molecular weight is 257 g/mol. The van der Waals surface area contributed by atoms with E-state index in [4.69, 9.17) is 0 Å². The van der Waals surface area contributed by atoms with Gasteiger partial charge in [-0.15, -0.1) is 0 Å². The van der Waals surface area contributed by atoms with Crippen molar-refractivity contribution in [3.05, 3.63) is 48.3 Å². The van der Waals surface area contributed by atoms with E-state index >= 15 is 0 Å². The van der Waals surface area contributed by atoms with Crippen molar-refractivity contribution in [1.29, 1.82) is 0 Å². The van der Waals surface area contributed by atoms with Crippen molar-refractivity contribution in [3.8, 4) is 5.69 Å². The summed E-state index contributed by atoms with van der Waals surface area (Å²) in [5, 5.41) is 7.91. The third-order valence-corrected chi connectivity index (χ3v) is 3.20. The van der Waals surface area contributed by atoms with Crippen LogP contribution in [0.1, 0.15) is 26.0 Å². The fourth-order valence-corrected chi connectivity index (χ4v) is 2.24. The fraction of sp³-hybridized carbons (Fsp3) is 0.438. The maximum absolute atomic E-state index is 4.43. The average Bonchev–Trinajstić information content (AvgIpc) is 2.88. The minimum atomic E-state index is 0.616. The van der Waals surface area contributed by atoms with Crippen LogP contribution in [-0.2, 0) is 6.42 Å². The van der Waals surface area contributed by atoms with Crippen LogP contribution in [0.5, 0.6) is 0 Å². The summed E-state index contributed by atoms with van der Waals surface area (Å²) < 4.78 is 2.04. The summed E-state index contributed by atoms with van der Waals surface area (Å²) in [5.41, 5.74) is 2.41. The Morgan fingerprint density at radius 3 is 2.74 bits per heavy atom. The molecule has 3 heteroatoms. The van der Waals surface area contributed by atoms with Gasteiger partial charge >= 0.3 is 0 Å². The van der Waals surface area contributed by atoms with Gasteiger partial charge in [0.05, 0.1) is 5.69 Å². The topological polar surface area (TPSA) is 29.9 Å². The van der Waals surface area contributed by atoms with Crippen LogP contribution < -0.4 is 5.32 Å². The largest absolute Gasteiger partial charge is 0.316 e. The molecule has 1 atom stereocenters. The summed E-state index contributed by atoms with van der Waals surface area (Å²) in [4.78, 5) is 0. The monoisotopic (exact) mass is 257 g/mol. The standard InChI is InChI=1S/C16H23N3/c1-3-10-17-13-14(2)12-16-9-11-18-19(16)15-7-5-4-6-8-15/h4-9,11,14,17H,3,10,12-13H2,1-2H3. The zero-order valence-corrected chi connectivity index (χ0v) is 11.8. The molecule has 1 aromatic carbocycles. The molecule has 102 valence electrons. The normalized spacial score (nSPS) is 12.5. The summed E-state index contributed by atoms with van der Waals surface area (Å²) in [6, 6.07) is 12.4. The Labute approximate surface area is 115 Å². The van der Waals surface area contributed by atoms with Crippen LogP contribution in [0.4, 0.5) is 0 Å². The van der Waals surface area contributed by atoms with Crippen molar-refractivity contribution in [2.45, 2.75) is 26.7 Å². The van der Waals surface area contributed by atoms with Crippen LogP contribution in [0.15, 0.2) is 42.6 Å². The molecule has 0 saturated heterocycles. The van der Waals surface area contributed by atoms with Crippen LogP contribution >= 0.6 is 0 Å². The van der Waals surface area contributed by atoms with Crippen LogP contribution in [0.3, 0.4) is 0 Å². The van der Waals surface area contributed by atoms with Crippen LogP contribution in [0.25, 0.3) is 5.69 Å². The molecule has 2 aromatic rings. The van der Waals surface area contributed by atoms with E-state index in [1.165, 1.54) is 12.1 Å². The first kappa shape index (κ1) is 13.8. The molecular weight excluding hydrogens is 234 g/mol. The molecule has 2 rings (SSSR count). The first-order valence-corrected chi connectivity index (χ1v) is 7.10. The van der Waals surface area contributed by atoms with Gasteiger partial charge in [-0.25, -0.2) is 4.68 Å². The number of nitrogens with one attached hydrogen (secondary N) is 1. The lowest BCUT2D eigenvalue weighted by atomic mass is 10.1. The first-order chi connectivity index (χ1) is 9.31. The van der Waals surface area contributed by atoms with Gasteiger partial charge < -0.3 is 5.32 Å². The lowest BCUT2D eigenvalue weighted by Crippen LogP contribution is -2.23. The Hall–Kier alpha value is -1.61. The Morgan fingerprint density at radius 1 is 1.21 bits per heavy atom. The van der Waals surface area contributed by atoms with Crippen LogP contribution in [0, 0.1) is 5.92 Å². The third kappa shape index (κ3) is 3.93. The smallest absolute Gasteiger partial charge is 0.0648 e. The molecule has 0 saturated carbocycles. The van der Waals surface area contributed by atoms with Crippen LogP contribution in [0.2, 0.25) is 0 Å². The summed E-state index contributed by atoms with van der Waals surface area (Å²) in [7, 11) is 0. The van der Waals surface area contributed by atoms with Crippen molar-refractivity contribution in [3.63, 3.8) is 0 Å². The molecule has 1 unspecified atom stereocenters. The first-order valence-electron chi connectivity index (χ1n) is 7.10. The Kier molecular flexibility index (Phi) is 5.16. The van der Waals surface area contributed by atoms with E-state index in [1.54, 1.807) is 0 Å². The summed E-state index contributed by atoms with van der Waals surface area (Å²) in [6.45, 7) is 6.64. The maximum atomic E-state index is 4.43. The number of hydrogen-bond acceptors (Lipinski definition) is 2. The number of aromatic nitrogens is 2. The number of hydrogen-bond donors (Lipinski definition) is 1. The fourth-order valence-electron chi connectivity index (χ4n) is 2.24. The Balaban J connectivity index is 2.00. The lowest BCUT2D eigenvalue weighted by molar-refractivity contribution is 0.500. The third-order valence-electron chi connectivity index (χ3n) is 3.20. The lowest BCUT2D eigenvalue weighted by Gasteiger charge is -2.13. The van der Waals surface area contributed by atoms with Gasteiger partial charge in [-0.05, 0) is 50.0 Å². The SMILES string of the molecule is CCCNCC(C)Cc1ccnn1-c1ccccc1. The summed E-state index contributed by atoms with van der Waals surface area (Å²) in [5.74, 6) is 0.616. The predicted octanol–water partition coefficient (Wildman–Crippen LogP) is 3.05. The predicted molar refractivity (Wildman–Crippen MR) is 79.6 cm³/mol. The molecular formula is C16H23N3. The molecule has 0 aliphatic rings. The van der Waals surface area contributed by atoms with Gasteiger partial charge in [-0.1, -0.05) is 32.0 Å². The van der Waals surface area contributed by atoms with E-state index in [2.05, 4.69) is 42.5 Å². The molecule has 0 radical (unpaired) electrons. The van der Waals surface area contributed by atoms with Gasteiger partial charge in [0.25, 0.3) is 0 Å².